The first kappa shape index (κ1) is 39.0. The average molecular weight is 544 g/mol. The first-order valence-electron chi connectivity index (χ1n) is 13.6. The summed E-state index contributed by atoms with van der Waals surface area (Å²) in [7, 11) is -4.23. The van der Waals surface area contributed by atoms with Crippen molar-refractivity contribution in [2.75, 3.05) is 11.9 Å². The van der Waals surface area contributed by atoms with E-state index < -0.39 is 10.4 Å². The van der Waals surface area contributed by atoms with Crippen molar-refractivity contribution in [3.63, 3.8) is 0 Å². The van der Waals surface area contributed by atoms with Gasteiger partial charge in [-0.05, 0) is 6.42 Å². The molecule has 0 amide bonds. The van der Waals surface area contributed by atoms with E-state index in [2.05, 4.69) is 18.0 Å². The molecule has 0 rings (SSSR count). The third-order valence-electron chi connectivity index (χ3n) is 5.44. The van der Waals surface area contributed by atoms with Crippen LogP contribution in [0, 0.1) is 0 Å². The quantitative estimate of drug-likeness (QED) is 0.0639. The molecule has 8 heteroatoms. The van der Waals surface area contributed by atoms with Gasteiger partial charge in [-0.2, -0.15) is 8.42 Å². The molecule has 0 aliphatic rings. The number of rotatable bonds is 22. The molecule has 1 N–H and O–H groups in total. The summed E-state index contributed by atoms with van der Waals surface area (Å²) in [5.74, 6) is 0. The summed E-state index contributed by atoms with van der Waals surface area (Å²) in [5, 5.41) is 0.194. The van der Waals surface area contributed by atoms with E-state index in [-0.39, 0.29) is 11.9 Å². The van der Waals surface area contributed by atoms with Gasteiger partial charge < -0.3 is 0 Å². The molecule has 0 aromatic heterocycles. The number of hydrogen-bond acceptors (Lipinski definition) is 3. The van der Waals surface area contributed by atoms with Gasteiger partial charge in [0.1, 0.15) is 0 Å². The van der Waals surface area contributed by atoms with E-state index in [9.17, 15) is 8.42 Å². The second-order valence-corrected chi connectivity index (χ2v) is 11.6. The first-order valence-corrected chi connectivity index (χ1v) is 17.5. The molecule has 0 aromatic carbocycles. The zero-order valence-corrected chi connectivity index (χ0v) is 26.4. The van der Waals surface area contributed by atoms with Crippen LogP contribution in [0.2, 0.25) is 3.67 Å². The van der Waals surface area contributed by atoms with Crippen LogP contribution in [0.15, 0.2) is 0 Å². The van der Waals surface area contributed by atoms with Crippen LogP contribution in [0.4, 0.5) is 0 Å². The molecule has 0 aliphatic carbocycles. The monoisotopic (exact) mass is 542 g/mol. The summed E-state index contributed by atoms with van der Waals surface area (Å²) < 4.78 is 34.5. The Kier molecular flexibility index (Phi) is 42.1. The summed E-state index contributed by atoms with van der Waals surface area (Å²) in [6, 6.07) is 0. The third-order valence-corrected chi connectivity index (χ3v) is 6.61. The van der Waals surface area contributed by atoms with Crippen molar-refractivity contribution in [1.29, 1.82) is 0 Å². The average Bonchev–Trinajstić information content (AvgIpc) is 2.77. The molecule has 33 heavy (non-hydrogen) atoms. The summed E-state index contributed by atoms with van der Waals surface area (Å²) in [6.45, 7) is 4.60. The maximum atomic E-state index is 10.2. The van der Waals surface area contributed by atoms with Crippen LogP contribution in [-0.4, -0.2) is 52.8 Å². The van der Waals surface area contributed by atoms with Gasteiger partial charge >= 0.3 is 113 Å². The van der Waals surface area contributed by atoms with E-state index in [4.69, 9.17) is 27.8 Å². The molecular weight excluding hydrogens is 490 g/mol. The Hall–Kier alpha value is 1.45. The van der Waals surface area contributed by atoms with Gasteiger partial charge in [0.05, 0.1) is 11.9 Å². The topological polar surface area (TPSA) is 63.6 Å². The van der Waals surface area contributed by atoms with E-state index in [1.165, 1.54) is 141 Å². The standard InChI is InChI=1S/C12H26O4S.C12H25.CH2Cl2.Na/c1-2-3-4-5-6-7-8-9-10-11-12-16-17(13,14)15;1-3-5-7-9-11-12-10-8-6-4-2;2-1-3;/h2-12H2,1H3,(H,13,14,15);1,3-12H2,2H3;1H2;. The summed E-state index contributed by atoms with van der Waals surface area (Å²) >= 11 is 10.9. The van der Waals surface area contributed by atoms with E-state index in [0.717, 1.165) is 12.8 Å². The van der Waals surface area contributed by atoms with Gasteiger partial charge in [0.25, 0.3) is 0 Å². The predicted octanol–water partition coefficient (Wildman–Crippen LogP) is 9.64. The molecule has 0 atom stereocenters. The van der Waals surface area contributed by atoms with Crippen LogP contribution in [0.25, 0.3) is 0 Å². The largest absolute Gasteiger partial charge is 0.109 e. The molecule has 4 nitrogen and oxygen atoms in total. The number of alkyl halides is 2. The Balaban J connectivity index is -0.000000500. The number of unbranched alkanes of at least 4 members (excludes halogenated alkanes) is 18. The SMILES string of the molecule is CCCCCCCCCCCCOS(=O)(=O)O.CCCCCCCCCCC[CH2][Na].ClCCl. The van der Waals surface area contributed by atoms with Gasteiger partial charge in [-0.3, -0.25) is 4.55 Å². The summed E-state index contributed by atoms with van der Waals surface area (Å²) in [5.41, 5.74) is 0. The Morgan fingerprint density at radius 2 is 0.879 bits per heavy atom. The number of halogens is 2. The summed E-state index contributed by atoms with van der Waals surface area (Å²) in [4.78, 5) is 0. The van der Waals surface area contributed by atoms with Crippen molar-refractivity contribution in [2.45, 2.75) is 146 Å². The molecule has 198 valence electrons. The number of hydrogen-bond donors (Lipinski definition) is 1. The fourth-order valence-corrected chi connectivity index (χ4v) is 4.32. The minimum atomic E-state index is -4.23. The van der Waals surface area contributed by atoms with Crippen molar-refractivity contribution in [3.8, 4) is 0 Å². The van der Waals surface area contributed by atoms with Crippen LogP contribution < -0.4 is 0 Å². The van der Waals surface area contributed by atoms with Crippen molar-refractivity contribution in [2.24, 2.45) is 0 Å². The molecule has 0 spiro atoms. The normalized spacial score (nSPS) is 10.9. The fraction of sp³-hybridized carbons (Fsp3) is 1.00. The van der Waals surface area contributed by atoms with Crippen molar-refractivity contribution < 1.29 is 17.2 Å². The van der Waals surface area contributed by atoms with Gasteiger partial charge in [0, 0.05) is 0 Å². The zero-order chi connectivity index (χ0) is 25.5. The second kappa shape index (κ2) is 35.6. The minimum absolute atomic E-state index is 0.0926. The Morgan fingerprint density at radius 1 is 0.606 bits per heavy atom. The van der Waals surface area contributed by atoms with Crippen LogP contribution in [-0.2, 0) is 14.6 Å². The Labute approximate surface area is 235 Å². The van der Waals surface area contributed by atoms with Gasteiger partial charge in [-0.15, -0.1) is 23.2 Å². The Bertz CT molecular complexity index is 417. The van der Waals surface area contributed by atoms with E-state index in [1.807, 2.05) is 0 Å². The van der Waals surface area contributed by atoms with Gasteiger partial charge in [0.2, 0.25) is 0 Å². The molecule has 0 unspecified atom stereocenters. The summed E-state index contributed by atoms with van der Waals surface area (Å²) in [6.07, 6.45) is 26.6. The Morgan fingerprint density at radius 3 is 1.15 bits per heavy atom. The smallest absolute Gasteiger partial charge is 0.0967 e. The fourth-order valence-electron chi connectivity index (χ4n) is 3.49. The third kappa shape index (κ3) is 51.1. The second-order valence-electron chi connectivity index (χ2n) is 8.71. The molecule has 0 heterocycles. The van der Waals surface area contributed by atoms with Crippen LogP contribution >= 0.6 is 23.2 Å². The maximum Gasteiger partial charge on any atom is 0.0967 e. The van der Waals surface area contributed by atoms with Crippen LogP contribution in [0.3, 0.4) is 0 Å². The van der Waals surface area contributed by atoms with Gasteiger partial charge in [-0.1, -0.05) is 64.7 Å². The molecular formula is C25H53Cl2NaO4S. The van der Waals surface area contributed by atoms with Crippen molar-refractivity contribution >= 4 is 61.5 Å². The van der Waals surface area contributed by atoms with Gasteiger partial charge in [-0.25, -0.2) is 4.18 Å². The molecule has 0 aliphatic heterocycles. The van der Waals surface area contributed by atoms with Crippen molar-refractivity contribution in [1.82, 2.24) is 0 Å². The van der Waals surface area contributed by atoms with Crippen LogP contribution in [0.1, 0.15) is 142 Å². The molecule has 0 bridgehead atoms. The maximum absolute atomic E-state index is 10.2. The molecule has 0 aromatic rings. The molecule has 0 saturated heterocycles. The van der Waals surface area contributed by atoms with Gasteiger partial charge in [0.15, 0.2) is 0 Å². The van der Waals surface area contributed by atoms with E-state index in [1.54, 1.807) is 0 Å². The predicted molar refractivity (Wildman–Crippen MR) is 148 cm³/mol. The molecule has 0 fully saturated rings. The molecule has 0 radical (unpaired) electrons. The minimum Gasteiger partial charge on any atom is -0.109 e. The van der Waals surface area contributed by atoms with Crippen molar-refractivity contribution in [3.05, 3.63) is 0 Å². The first-order chi connectivity index (χ1) is 15.9. The zero-order valence-electron chi connectivity index (χ0n) is 22.1. The molecule has 0 saturated carbocycles. The van der Waals surface area contributed by atoms with E-state index >= 15 is 0 Å². The van der Waals surface area contributed by atoms with Crippen LogP contribution in [0.5, 0.6) is 0 Å². The van der Waals surface area contributed by atoms with E-state index in [0.29, 0.717) is 6.42 Å².